The third kappa shape index (κ3) is 7.72. The van der Waals surface area contributed by atoms with Gasteiger partial charge in [0.05, 0.1) is 0 Å². The molecule has 0 saturated heterocycles. The average molecular weight is 287 g/mol. The predicted molar refractivity (Wildman–Crippen MR) is 77.5 cm³/mol. The molecule has 2 nitrogen and oxygen atoms in total. The summed E-state index contributed by atoms with van der Waals surface area (Å²) in [5.41, 5.74) is 0.434. The van der Waals surface area contributed by atoms with Crippen LogP contribution in [0.1, 0.15) is 37.3 Å². The van der Waals surface area contributed by atoms with Crippen molar-refractivity contribution in [3.63, 3.8) is 0 Å². The van der Waals surface area contributed by atoms with E-state index in [4.69, 9.17) is 5.41 Å². The lowest BCUT2D eigenvalue weighted by Gasteiger charge is -2.05. The molecule has 0 unspecified atom stereocenters. The first kappa shape index (κ1) is 17.8. The number of carbonyl (C=O) groups is 1. The van der Waals surface area contributed by atoms with Crippen molar-refractivity contribution in [2.75, 3.05) is 0 Å². The number of alkyl halides is 2. The molecule has 0 radical (unpaired) electrons. The Morgan fingerprint density at radius 2 is 1.95 bits per heavy atom. The number of hydrogen-bond donors (Lipinski definition) is 2. The van der Waals surface area contributed by atoms with Crippen LogP contribution in [0.4, 0.5) is 8.78 Å². The van der Waals surface area contributed by atoms with Crippen LogP contribution in [0.25, 0.3) is 0 Å². The first-order valence-electron chi connectivity index (χ1n) is 6.04. The summed E-state index contributed by atoms with van der Waals surface area (Å²) < 4.78 is 24.1. The standard InChI is InChI=1S/C9H9F2N.C5H10OS/c1-6-4-2-3-5-7(6)8(12)9(10)11;1-2-3-4-5(6)7/h2-5,9,12H,1H3;2-4H2,1H3,(H,6,7). The van der Waals surface area contributed by atoms with E-state index in [9.17, 15) is 13.6 Å². The number of aryl methyl sites for hydroxylation is 1. The van der Waals surface area contributed by atoms with Crippen LogP contribution >= 0.6 is 12.6 Å². The Morgan fingerprint density at radius 3 is 2.32 bits per heavy atom. The van der Waals surface area contributed by atoms with Crippen molar-refractivity contribution in [2.45, 2.75) is 39.5 Å². The second-order valence-corrected chi connectivity index (χ2v) is 4.53. The minimum atomic E-state index is -2.69. The molecule has 0 aliphatic heterocycles. The molecule has 0 aliphatic carbocycles. The van der Waals surface area contributed by atoms with E-state index in [-0.39, 0.29) is 5.12 Å². The first-order chi connectivity index (χ1) is 8.90. The number of thiol groups is 1. The SMILES string of the molecule is CCCCC(=O)S.Cc1ccccc1C(=N)C(F)F. The van der Waals surface area contributed by atoms with Gasteiger partial charge in [0, 0.05) is 12.0 Å². The fourth-order valence-corrected chi connectivity index (χ4v) is 1.48. The Balaban J connectivity index is 0.000000399. The highest BCUT2D eigenvalue weighted by Crippen LogP contribution is 2.11. The van der Waals surface area contributed by atoms with E-state index in [0.29, 0.717) is 17.5 Å². The van der Waals surface area contributed by atoms with Gasteiger partial charge in [0.25, 0.3) is 6.43 Å². The maximum atomic E-state index is 12.1. The van der Waals surface area contributed by atoms with E-state index in [1.165, 1.54) is 6.07 Å². The van der Waals surface area contributed by atoms with Crippen LogP contribution in [0.3, 0.4) is 0 Å². The maximum Gasteiger partial charge on any atom is 0.280 e. The third-order valence-corrected chi connectivity index (χ3v) is 2.62. The van der Waals surface area contributed by atoms with Crippen molar-refractivity contribution in [1.29, 1.82) is 5.41 Å². The van der Waals surface area contributed by atoms with Crippen molar-refractivity contribution in [1.82, 2.24) is 0 Å². The second-order valence-electron chi connectivity index (χ2n) is 4.03. The number of nitrogens with one attached hydrogen (secondary N) is 1. The van der Waals surface area contributed by atoms with E-state index in [1.807, 2.05) is 0 Å². The molecule has 0 saturated carbocycles. The van der Waals surface area contributed by atoms with Crippen LogP contribution in [0.5, 0.6) is 0 Å². The van der Waals surface area contributed by atoms with Gasteiger partial charge >= 0.3 is 0 Å². The van der Waals surface area contributed by atoms with Gasteiger partial charge in [-0.3, -0.25) is 10.2 Å². The summed E-state index contributed by atoms with van der Waals surface area (Å²) in [6.07, 6.45) is -0.0140. The number of carbonyl (C=O) groups excluding carboxylic acids is 1. The average Bonchev–Trinajstić information content (AvgIpc) is 2.36. The van der Waals surface area contributed by atoms with E-state index in [0.717, 1.165) is 12.8 Å². The Bertz CT molecular complexity index is 422. The van der Waals surface area contributed by atoms with Gasteiger partial charge in [-0.1, -0.05) is 37.6 Å². The van der Waals surface area contributed by atoms with Gasteiger partial charge < -0.3 is 0 Å². The summed E-state index contributed by atoms with van der Waals surface area (Å²) in [4.78, 5) is 10.1. The van der Waals surface area contributed by atoms with Crippen molar-refractivity contribution < 1.29 is 13.6 Å². The number of halogens is 2. The van der Waals surface area contributed by atoms with Crippen LogP contribution in [0.15, 0.2) is 24.3 Å². The summed E-state index contributed by atoms with van der Waals surface area (Å²) in [5.74, 6) is 0. The summed E-state index contributed by atoms with van der Waals surface area (Å²) in [7, 11) is 0. The molecule has 0 aliphatic rings. The molecule has 1 rings (SSSR count). The van der Waals surface area contributed by atoms with Gasteiger partial charge in [0.1, 0.15) is 5.71 Å². The lowest BCUT2D eigenvalue weighted by Crippen LogP contribution is -2.11. The molecule has 1 aromatic rings. The number of benzene rings is 1. The Kier molecular flexibility index (Phi) is 9.04. The fourth-order valence-electron chi connectivity index (χ4n) is 1.32. The second kappa shape index (κ2) is 9.67. The smallest absolute Gasteiger partial charge is 0.280 e. The lowest BCUT2D eigenvalue weighted by molar-refractivity contribution is -0.110. The highest BCUT2D eigenvalue weighted by Gasteiger charge is 2.14. The molecule has 5 heteroatoms. The molecular formula is C14H19F2NOS. The highest BCUT2D eigenvalue weighted by atomic mass is 32.1. The van der Waals surface area contributed by atoms with E-state index >= 15 is 0 Å². The van der Waals surface area contributed by atoms with Crippen LogP contribution in [0, 0.1) is 12.3 Å². The molecule has 106 valence electrons. The summed E-state index contributed by atoms with van der Waals surface area (Å²) in [6.45, 7) is 3.77. The molecule has 0 amide bonds. The predicted octanol–water partition coefficient (Wildman–Crippen LogP) is 4.26. The Morgan fingerprint density at radius 1 is 1.37 bits per heavy atom. The molecular weight excluding hydrogens is 268 g/mol. The van der Waals surface area contributed by atoms with E-state index in [2.05, 4.69) is 19.6 Å². The molecule has 19 heavy (non-hydrogen) atoms. The van der Waals surface area contributed by atoms with Crippen molar-refractivity contribution in [3.8, 4) is 0 Å². The minimum absolute atomic E-state index is 0.00171. The summed E-state index contributed by atoms with van der Waals surface area (Å²) >= 11 is 3.59. The normalized spacial score (nSPS) is 9.79. The fraction of sp³-hybridized carbons (Fsp3) is 0.429. The number of unbranched alkanes of at least 4 members (excludes halogenated alkanes) is 1. The van der Waals surface area contributed by atoms with Gasteiger partial charge in [-0.15, -0.1) is 12.6 Å². The summed E-state index contributed by atoms with van der Waals surface area (Å²) in [5, 5.41) is 7.08. The minimum Gasteiger partial charge on any atom is -0.299 e. The molecule has 0 fully saturated rings. The van der Waals surface area contributed by atoms with Gasteiger partial charge in [0.2, 0.25) is 0 Å². The molecule has 0 spiro atoms. The molecule has 0 bridgehead atoms. The lowest BCUT2D eigenvalue weighted by atomic mass is 10.0. The number of rotatable bonds is 5. The Hall–Kier alpha value is -1.23. The first-order valence-corrected chi connectivity index (χ1v) is 6.49. The zero-order valence-electron chi connectivity index (χ0n) is 11.1. The van der Waals surface area contributed by atoms with Crippen LogP contribution < -0.4 is 0 Å². The van der Waals surface area contributed by atoms with Crippen molar-refractivity contribution in [3.05, 3.63) is 35.4 Å². The van der Waals surface area contributed by atoms with Gasteiger partial charge in [-0.25, -0.2) is 8.78 Å². The van der Waals surface area contributed by atoms with Crippen LogP contribution in [-0.2, 0) is 4.79 Å². The van der Waals surface area contributed by atoms with E-state index in [1.54, 1.807) is 25.1 Å². The quantitative estimate of drug-likeness (QED) is 0.616. The molecule has 0 heterocycles. The molecule has 1 aromatic carbocycles. The van der Waals surface area contributed by atoms with Gasteiger partial charge in [0.15, 0.2) is 5.12 Å². The number of hydrogen-bond acceptors (Lipinski definition) is 2. The Labute approximate surface area is 118 Å². The topological polar surface area (TPSA) is 40.9 Å². The summed E-state index contributed by atoms with van der Waals surface area (Å²) in [6, 6.07) is 6.66. The highest BCUT2D eigenvalue weighted by molar-refractivity contribution is 7.96. The third-order valence-electron chi connectivity index (χ3n) is 2.40. The largest absolute Gasteiger partial charge is 0.299 e. The zero-order chi connectivity index (χ0) is 14.8. The van der Waals surface area contributed by atoms with Gasteiger partial charge in [-0.05, 0) is 18.9 Å². The van der Waals surface area contributed by atoms with Crippen molar-refractivity contribution >= 4 is 23.5 Å². The molecule has 0 aromatic heterocycles. The van der Waals surface area contributed by atoms with Crippen molar-refractivity contribution in [2.24, 2.45) is 0 Å². The molecule has 0 atom stereocenters. The maximum absolute atomic E-state index is 12.1. The molecule has 1 N–H and O–H groups in total. The monoisotopic (exact) mass is 287 g/mol. The van der Waals surface area contributed by atoms with E-state index < -0.39 is 12.1 Å². The zero-order valence-corrected chi connectivity index (χ0v) is 12.0. The van der Waals surface area contributed by atoms with Gasteiger partial charge in [-0.2, -0.15) is 0 Å². The van der Waals surface area contributed by atoms with Crippen LogP contribution in [0.2, 0.25) is 0 Å². The van der Waals surface area contributed by atoms with Crippen LogP contribution in [-0.4, -0.2) is 17.3 Å².